The lowest BCUT2D eigenvalue weighted by molar-refractivity contribution is 0.314. The molecule has 2 aromatic heterocycles. The van der Waals surface area contributed by atoms with Crippen LogP contribution < -0.4 is 4.74 Å². The summed E-state index contributed by atoms with van der Waals surface area (Å²) in [4.78, 5) is 16.9. The molecule has 0 amide bonds. The van der Waals surface area contributed by atoms with E-state index in [1.807, 2.05) is 13.0 Å². The summed E-state index contributed by atoms with van der Waals surface area (Å²) in [7, 11) is 0. The molecule has 0 bridgehead atoms. The zero-order chi connectivity index (χ0) is 25.7. The average molecular weight is 494 g/mol. The van der Waals surface area contributed by atoms with Crippen molar-refractivity contribution < 1.29 is 22.3 Å². The molecule has 36 heavy (non-hydrogen) atoms. The normalized spacial score (nSPS) is 11.3. The minimum absolute atomic E-state index is 0.0805. The predicted molar refractivity (Wildman–Crippen MR) is 128 cm³/mol. The van der Waals surface area contributed by atoms with Crippen LogP contribution in [0.2, 0.25) is 0 Å². The quantitative estimate of drug-likeness (QED) is 0.201. The summed E-state index contributed by atoms with van der Waals surface area (Å²) in [5.74, 6) is -5.23. The fraction of sp³-hybridized carbons (Fsp3) is 0.185. The number of aryl methyl sites for hydroxylation is 1. The summed E-state index contributed by atoms with van der Waals surface area (Å²) in [5.41, 5.74) is 0.394. The van der Waals surface area contributed by atoms with Crippen molar-refractivity contribution in [2.45, 2.75) is 26.7 Å². The molecule has 4 aromatic rings. The Morgan fingerprint density at radius 2 is 1.28 bits per heavy atom. The molecule has 9 heteroatoms. The maximum absolute atomic E-state index is 14.9. The number of nitrogens with zero attached hydrogens (tertiary/aromatic N) is 4. The Labute approximate surface area is 205 Å². The summed E-state index contributed by atoms with van der Waals surface area (Å²) in [5, 5.41) is 0. The first-order valence-corrected chi connectivity index (χ1v) is 11.3. The van der Waals surface area contributed by atoms with Gasteiger partial charge in [-0.05, 0) is 50.5 Å². The lowest BCUT2D eigenvalue weighted by Crippen LogP contribution is -2.01. The van der Waals surface area contributed by atoms with E-state index in [0.29, 0.717) is 11.4 Å². The molecule has 0 aliphatic heterocycles. The second-order valence-corrected chi connectivity index (χ2v) is 7.78. The molecule has 0 fully saturated rings. The topological polar surface area (TPSA) is 60.8 Å². The van der Waals surface area contributed by atoms with Crippen LogP contribution in [-0.4, -0.2) is 26.5 Å². The molecular weight excluding hydrogens is 472 g/mol. The Morgan fingerprint density at radius 3 is 1.92 bits per heavy atom. The van der Waals surface area contributed by atoms with E-state index in [-0.39, 0.29) is 23.7 Å². The summed E-state index contributed by atoms with van der Waals surface area (Å²) in [6.45, 7) is 3.70. The number of ether oxygens (including phenoxy) is 1. The van der Waals surface area contributed by atoms with Crippen LogP contribution >= 0.6 is 0 Å². The highest BCUT2D eigenvalue weighted by Gasteiger charge is 2.22. The maximum Gasteiger partial charge on any atom is 0.201 e. The molecule has 2 heterocycles. The van der Waals surface area contributed by atoms with Gasteiger partial charge in [0.15, 0.2) is 34.8 Å². The van der Waals surface area contributed by atoms with Crippen LogP contribution in [0.15, 0.2) is 61.2 Å². The minimum Gasteiger partial charge on any atom is -0.491 e. The van der Waals surface area contributed by atoms with Gasteiger partial charge in [0.2, 0.25) is 5.82 Å². The first kappa shape index (κ1) is 25.0. The largest absolute Gasteiger partial charge is 0.491 e. The zero-order valence-corrected chi connectivity index (χ0v) is 19.6. The highest BCUT2D eigenvalue weighted by Crippen LogP contribution is 2.34. The lowest BCUT2D eigenvalue weighted by atomic mass is 10.0. The number of allylic oxidation sites excluding steroid dienone is 2. The van der Waals surface area contributed by atoms with Gasteiger partial charge in [-0.25, -0.2) is 33.1 Å². The molecule has 0 N–H and O–H groups in total. The molecular formula is C27H22F4N4O. The predicted octanol–water partition coefficient (Wildman–Crippen LogP) is 6.73. The Balaban J connectivity index is 1.59. The number of benzene rings is 2. The van der Waals surface area contributed by atoms with E-state index in [1.165, 1.54) is 24.5 Å². The summed E-state index contributed by atoms with van der Waals surface area (Å²) < 4.78 is 63.6. The molecule has 0 radical (unpaired) electrons. The zero-order valence-electron chi connectivity index (χ0n) is 19.6. The fourth-order valence-electron chi connectivity index (χ4n) is 3.57. The smallest absolute Gasteiger partial charge is 0.201 e. The van der Waals surface area contributed by atoms with Crippen molar-refractivity contribution in [1.82, 2.24) is 19.9 Å². The number of halogens is 4. The van der Waals surface area contributed by atoms with E-state index in [0.717, 1.165) is 30.5 Å². The third-order valence-corrected chi connectivity index (χ3v) is 5.41. The van der Waals surface area contributed by atoms with E-state index >= 15 is 0 Å². The first-order valence-electron chi connectivity index (χ1n) is 11.3. The fourth-order valence-corrected chi connectivity index (χ4v) is 3.57. The Bertz CT molecular complexity index is 1390. The highest BCUT2D eigenvalue weighted by molar-refractivity contribution is 5.70. The standard InChI is InChI=1S/C27H22F4N4O/c1-3-5-6-7-16-12-32-26(33-13-16)17-14-34-27(35-15-17)20-9-8-18(22(28)24(20)30)19-10-11-21(36-4-2)25(31)23(19)29/h3,5,8-15H,4,6-7H2,1-2H3. The van der Waals surface area contributed by atoms with Crippen molar-refractivity contribution in [2.24, 2.45) is 0 Å². The number of rotatable bonds is 8. The molecule has 0 unspecified atom stereocenters. The molecule has 5 nitrogen and oxygen atoms in total. The van der Waals surface area contributed by atoms with Crippen molar-refractivity contribution in [2.75, 3.05) is 6.61 Å². The van der Waals surface area contributed by atoms with Gasteiger partial charge in [0.25, 0.3) is 0 Å². The molecule has 0 atom stereocenters. The van der Waals surface area contributed by atoms with Gasteiger partial charge in [0.1, 0.15) is 0 Å². The number of hydrogen-bond acceptors (Lipinski definition) is 5. The van der Waals surface area contributed by atoms with Crippen LogP contribution in [0, 0.1) is 23.3 Å². The number of hydrogen-bond donors (Lipinski definition) is 0. The van der Waals surface area contributed by atoms with Crippen molar-refractivity contribution in [3.05, 3.63) is 90.0 Å². The Hall–Kier alpha value is -4.14. The third-order valence-electron chi connectivity index (χ3n) is 5.41. The SMILES string of the molecule is CC=CCCc1cnc(-c2cnc(-c3ccc(-c4ccc(OCC)c(F)c4F)c(F)c3F)nc2)nc1. The second kappa shape index (κ2) is 11.1. The average Bonchev–Trinajstić information content (AvgIpc) is 2.90. The molecule has 4 rings (SSSR count). The lowest BCUT2D eigenvalue weighted by Gasteiger charge is -2.11. The van der Waals surface area contributed by atoms with E-state index in [4.69, 9.17) is 4.74 Å². The maximum atomic E-state index is 14.9. The van der Waals surface area contributed by atoms with Gasteiger partial charge in [-0.1, -0.05) is 18.2 Å². The molecule has 0 saturated heterocycles. The molecule has 0 aliphatic rings. The van der Waals surface area contributed by atoms with Crippen LogP contribution in [0.1, 0.15) is 25.8 Å². The van der Waals surface area contributed by atoms with Crippen molar-refractivity contribution >= 4 is 0 Å². The van der Waals surface area contributed by atoms with Crippen LogP contribution in [0.3, 0.4) is 0 Å². The van der Waals surface area contributed by atoms with Crippen molar-refractivity contribution in [3.63, 3.8) is 0 Å². The Kier molecular flexibility index (Phi) is 7.68. The Morgan fingerprint density at radius 1 is 0.722 bits per heavy atom. The van der Waals surface area contributed by atoms with E-state index in [2.05, 4.69) is 26.0 Å². The van der Waals surface area contributed by atoms with Gasteiger partial charge in [-0.2, -0.15) is 4.39 Å². The first-order chi connectivity index (χ1) is 17.4. The highest BCUT2D eigenvalue weighted by atomic mass is 19.2. The van der Waals surface area contributed by atoms with Gasteiger partial charge in [0.05, 0.1) is 17.7 Å². The van der Waals surface area contributed by atoms with Gasteiger partial charge >= 0.3 is 0 Å². The van der Waals surface area contributed by atoms with Crippen molar-refractivity contribution in [1.29, 1.82) is 0 Å². The molecule has 0 aliphatic carbocycles. The monoisotopic (exact) mass is 494 g/mol. The molecule has 184 valence electrons. The third kappa shape index (κ3) is 5.10. The second-order valence-electron chi connectivity index (χ2n) is 7.78. The molecule has 0 spiro atoms. The van der Waals surface area contributed by atoms with E-state index in [1.54, 1.807) is 19.3 Å². The summed E-state index contributed by atoms with van der Waals surface area (Å²) >= 11 is 0. The minimum atomic E-state index is -1.35. The van der Waals surface area contributed by atoms with E-state index in [9.17, 15) is 17.6 Å². The molecule has 0 saturated carbocycles. The van der Waals surface area contributed by atoms with Crippen molar-refractivity contribution in [3.8, 4) is 39.7 Å². The van der Waals surface area contributed by atoms with Gasteiger partial charge < -0.3 is 4.74 Å². The van der Waals surface area contributed by atoms with Gasteiger partial charge in [-0.3, -0.25) is 0 Å². The summed E-state index contributed by atoms with van der Waals surface area (Å²) in [6.07, 6.45) is 12.0. The van der Waals surface area contributed by atoms with Crippen LogP contribution in [-0.2, 0) is 6.42 Å². The number of aromatic nitrogens is 4. The van der Waals surface area contributed by atoms with Crippen LogP contribution in [0.5, 0.6) is 5.75 Å². The van der Waals surface area contributed by atoms with Gasteiger partial charge in [0, 0.05) is 35.9 Å². The molecule has 2 aromatic carbocycles. The van der Waals surface area contributed by atoms with Crippen LogP contribution in [0.25, 0.3) is 33.9 Å². The summed E-state index contributed by atoms with van der Waals surface area (Å²) in [6, 6.07) is 4.67. The van der Waals surface area contributed by atoms with E-state index < -0.39 is 34.4 Å². The van der Waals surface area contributed by atoms with Crippen LogP contribution in [0.4, 0.5) is 17.6 Å². The van der Waals surface area contributed by atoms with Gasteiger partial charge in [-0.15, -0.1) is 0 Å².